The van der Waals surface area contributed by atoms with Crippen molar-refractivity contribution in [1.29, 1.82) is 0 Å². The zero-order valence-corrected chi connectivity index (χ0v) is 18.5. The molecule has 1 aliphatic heterocycles. The molecule has 3 aromatic rings. The molecule has 6 heteroatoms. The number of aromatic nitrogens is 2. The lowest BCUT2D eigenvalue weighted by Gasteiger charge is -2.17. The molecular formula is C25H32N6. The summed E-state index contributed by atoms with van der Waals surface area (Å²) in [4.78, 5) is 11.8. The second kappa shape index (κ2) is 10.2. The molecule has 162 valence electrons. The third-order valence-corrected chi connectivity index (χ3v) is 5.58. The normalized spacial score (nSPS) is 13.9. The van der Waals surface area contributed by atoms with E-state index in [1.165, 1.54) is 16.8 Å². The summed E-state index contributed by atoms with van der Waals surface area (Å²) >= 11 is 0. The van der Waals surface area contributed by atoms with Crippen LogP contribution >= 0.6 is 0 Å². The summed E-state index contributed by atoms with van der Waals surface area (Å²) in [5, 5.41) is 6.81. The molecule has 31 heavy (non-hydrogen) atoms. The van der Waals surface area contributed by atoms with E-state index in [0.29, 0.717) is 6.54 Å². The lowest BCUT2D eigenvalue weighted by Crippen LogP contribution is -2.38. The number of aryl methyl sites for hydroxylation is 2. The number of nitrogens with one attached hydrogen (secondary N) is 2. The standard InChI is InChI=1S/C25H32N6/c1-3-26-25(28-19-21-11-13-22(14-12-21)30-16-6-7-17-30)27-15-8-18-31-20(2)29-23-9-4-5-10-24(23)31/h4-7,9-14H,3,8,15-19H2,1-2H3,(H2,26,27,28). The van der Waals surface area contributed by atoms with Crippen LogP contribution in [0.25, 0.3) is 11.0 Å². The first-order valence-corrected chi connectivity index (χ1v) is 11.2. The Kier molecular flexibility index (Phi) is 6.87. The number of hydrogen-bond donors (Lipinski definition) is 2. The molecule has 0 bridgehead atoms. The molecule has 1 aliphatic rings. The predicted octanol–water partition coefficient (Wildman–Crippen LogP) is 3.87. The second-order valence-electron chi connectivity index (χ2n) is 7.82. The van der Waals surface area contributed by atoms with Crippen LogP contribution in [0.5, 0.6) is 0 Å². The van der Waals surface area contributed by atoms with Gasteiger partial charge in [-0.15, -0.1) is 0 Å². The van der Waals surface area contributed by atoms with Crippen molar-refractivity contribution in [1.82, 2.24) is 20.2 Å². The third-order valence-electron chi connectivity index (χ3n) is 5.58. The van der Waals surface area contributed by atoms with E-state index in [9.17, 15) is 0 Å². The van der Waals surface area contributed by atoms with Gasteiger partial charge in [-0.05, 0) is 50.1 Å². The molecule has 1 aromatic heterocycles. The van der Waals surface area contributed by atoms with Gasteiger partial charge in [0.05, 0.1) is 17.6 Å². The number of fused-ring (bicyclic) bond motifs is 1. The van der Waals surface area contributed by atoms with Crippen LogP contribution in [0.15, 0.2) is 65.7 Å². The molecule has 0 spiro atoms. The van der Waals surface area contributed by atoms with Gasteiger partial charge in [-0.3, -0.25) is 0 Å². The van der Waals surface area contributed by atoms with Crippen LogP contribution in [-0.4, -0.2) is 41.7 Å². The molecule has 4 rings (SSSR count). The van der Waals surface area contributed by atoms with Crippen molar-refractivity contribution >= 4 is 22.7 Å². The highest BCUT2D eigenvalue weighted by Gasteiger charge is 2.08. The van der Waals surface area contributed by atoms with Crippen molar-refractivity contribution in [3.05, 3.63) is 72.1 Å². The van der Waals surface area contributed by atoms with E-state index in [4.69, 9.17) is 4.99 Å². The Hall–Kier alpha value is -3.28. The summed E-state index contributed by atoms with van der Waals surface area (Å²) in [6.45, 7) is 9.48. The maximum Gasteiger partial charge on any atom is 0.191 e. The highest BCUT2D eigenvalue weighted by atomic mass is 15.2. The van der Waals surface area contributed by atoms with Crippen LogP contribution in [-0.2, 0) is 13.1 Å². The van der Waals surface area contributed by atoms with Gasteiger partial charge in [0.15, 0.2) is 5.96 Å². The maximum atomic E-state index is 4.76. The summed E-state index contributed by atoms with van der Waals surface area (Å²) in [6, 6.07) is 17.0. The molecule has 2 N–H and O–H groups in total. The van der Waals surface area contributed by atoms with E-state index in [2.05, 4.69) is 93.5 Å². The van der Waals surface area contributed by atoms with Crippen LogP contribution in [0.2, 0.25) is 0 Å². The first-order chi connectivity index (χ1) is 15.2. The lowest BCUT2D eigenvalue weighted by molar-refractivity contribution is 0.624. The second-order valence-corrected chi connectivity index (χ2v) is 7.82. The summed E-state index contributed by atoms with van der Waals surface area (Å²) in [5.74, 6) is 1.93. The first-order valence-electron chi connectivity index (χ1n) is 11.2. The third kappa shape index (κ3) is 5.26. The molecular weight excluding hydrogens is 384 g/mol. The SMILES string of the molecule is CCNC(=NCc1ccc(N2CC=CC2)cc1)NCCCn1c(C)nc2ccccc21. The van der Waals surface area contributed by atoms with Crippen LogP contribution in [0.1, 0.15) is 24.7 Å². The molecule has 2 aromatic carbocycles. The molecule has 0 aliphatic carbocycles. The number of hydrogen-bond acceptors (Lipinski definition) is 3. The molecule has 0 saturated carbocycles. The van der Waals surface area contributed by atoms with E-state index in [1.54, 1.807) is 0 Å². The molecule has 0 fully saturated rings. The Morgan fingerprint density at radius 1 is 1.03 bits per heavy atom. The highest BCUT2D eigenvalue weighted by Crippen LogP contribution is 2.18. The fourth-order valence-electron chi connectivity index (χ4n) is 3.94. The van der Waals surface area contributed by atoms with E-state index in [-0.39, 0.29) is 0 Å². The maximum absolute atomic E-state index is 4.76. The van der Waals surface area contributed by atoms with Crippen molar-refractivity contribution in [2.45, 2.75) is 33.4 Å². The van der Waals surface area contributed by atoms with Gasteiger partial charge in [0.1, 0.15) is 5.82 Å². The van der Waals surface area contributed by atoms with Crippen molar-refractivity contribution in [2.75, 3.05) is 31.1 Å². The number of para-hydroxylation sites is 2. The Bertz CT molecular complexity index is 1040. The van der Waals surface area contributed by atoms with Crippen LogP contribution in [0, 0.1) is 6.92 Å². The van der Waals surface area contributed by atoms with Gasteiger partial charge in [-0.2, -0.15) is 0 Å². The number of guanidine groups is 1. The minimum atomic E-state index is 0.666. The van der Waals surface area contributed by atoms with Crippen molar-refractivity contribution in [3.63, 3.8) is 0 Å². The van der Waals surface area contributed by atoms with Gasteiger partial charge in [0.2, 0.25) is 0 Å². The van der Waals surface area contributed by atoms with E-state index in [1.807, 2.05) is 6.07 Å². The molecule has 0 amide bonds. The summed E-state index contributed by atoms with van der Waals surface area (Å²) in [6.07, 6.45) is 5.43. The highest BCUT2D eigenvalue weighted by molar-refractivity contribution is 5.79. The van der Waals surface area contributed by atoms with Gasteiger partial charge >= 0.3 is 0 Å². The van der Waals surface area contributed by atoms with Crippen molar-refractivity contribution in [3.8, 4) is 0 Å². The van der Waals surface area contributed by atoms with Gasteiger partial charge in [0, 0.05) is 38.4 Å². The lowest BCUT2D eigenvalue weighted by atomic mass is 10.2. The number of anilines is 1. The average Bonchev–Trinajstić information content (AvgIpc) is 3.43. The van der Waals surface area contributed by atoms with Gasteiger partial charge in [0.25, 0.3) is 0 Å². The number of nitrogens with zero attached hydrogens (tertiary/aromatic N) is 4. The predicted molar refractivity (Wildman–Crippen MR) is 130 cm³/mol. The van der Waals surface area contributed by atoms with E-state index in [0.717, 1.165) is 56.4 Å². The largest absolute Gasteiger partial charge is 0.364 e. The summed E-state index contributed by atoms with van der Waals surface area (Å²) in [7, 11) is 0. The molecule has 0 saturated heterocycles. The minimum Gasteiger partial charge on any atom is -0.364 e. The minimum absolute atomic E-state index is 0.666. The zero-order valence-electron chi connectivity index (χ0n) is 18.5. The van der Waals surface area contributed by atoms with E-state index < -0.39 is 0 Å². The van der Waals surface area contributed by atoms with Crippen molar-refractivity contribution in [2.24, 2.45) is 4.99 Å². The quantitative estimate of drug-likeness (QED) is 0.253. The Labute approximate surface area is 184 Å². The fraction of sp³-hybridized carbons (Fsp3) is 0.360. The first kappa shape index (κ1) is 21.0. The summed E-state index contributed by atoms with van der Waals surface area (Å²) < 4.78 is 2.29. The van der Waals surface area contributed by atoms with Gasteiger partial charge in [-0.1, -0.05) is 36.4 Å². The van der Waals surface area contributed by atoms with E-state index >= 15 is 0 Å². The smallest absolute Gasteiger partial charge is 0.191 e. The summed E-state index contributed by atoms with van der Waals surface area (Å²) in [5.41, 5.74) is 4.75. The Morgan fingerprint density at radius 2 is 1.81 bits per heavy atom. The van der Waals surface area contributed by atoms with Crippen molar-refractivity contribution < 1.29 is 0 Å². The molecule has 0 radical (unpaired) electrons. The van der Waals surface area contributed by atoms with Gasteiger partial charge in [-0.25, -0.2) is 9.98 Å². The van der Waals surface area contributed by atoms with Gasteiger partial charge < -0.3 is 20.1 Å². The number of aliphatic imine (C=N–C) groups is 1. The average molecular weight is 417 g/mol. The molecule has 2 heterocycles. The Morgan fingerprint density at radius 3 is 2.58 bits per heavy atom. The van der Waals surface area contributed by atoms with Crippen LogP contribution in [0.3, 0.4) is 0 Å². The molecule has 0 atom stereocenters. The monoisotopic (exact) mass is 416 g/mol. The topological polar surface area (TPSA) is 57.5 Å². The number of benzene rings is 2. The van der Waals surface area contributed by atoms with Crippen LogP contribution in [0.4, 0.5) is 5.69 Å². The fourth-order valence-corrected chi connectivity index (χ4v) is 3.94. The van der Waals surface area contributed by atoms with Crippen LogP contribution < -0.4 is 15.5 Å². The zero-order chi connectivity index (χ0) is 21.5. The Balaban J connectivity index is 1.29. The molecule has 0 unspecified atom stereocenters. The molecule has 6 nitrogen and oxygen atoms in total. The number of imidazole rings is 1. The number of rotatable bonds is 8.